The summed E-state index contributed by atoms with van der Waals surface area (Å²) in [4.78, 5) is 0. The van der Waals surface area contributed by atoms with Gasteiger partial charge in [-0.2, -0.15) is 0 Å². The van der Waals surface area contributed by atoms with Gasteiger partial charge in [0.15, 0.2) is 0 Å². The highest BCUT2D eigenvalue weighted by Crippen LogP contribution is 2.17. The monoisotopic (exact) mass is 202 g/mol. The fourth-order valence-electron chi connectivity index (χ4n) is 1.18. The van der Waals surface area contributed by atoms with Crippen molar-refractivity contribution in [2.24, 2.45) is 0 Å². The van der Waals surface area contributed by atoms with E-state index in [9.17, 15) is 4.39 Å². The summed E-state index contributed by atoms with van der Waals surface area (Å²) in [7, 11) is 0. The van der Waals surface area contributed by atoms with E-state index in [4.69, 9.17) is 11.6 Å². The van der Waals surface area contributed by atoms with Gasteiger partial charge in [-0.25, -0.2) is 4.39 Å². The lowest BCUT2D eigenvalue weighted by Gasteiger charge is -2.03. The summed E-state index contributed by atoms with van der Waals surface area (Å²) in [5.74, 6) is -0.208. The van der Waals surface area contributed by atoms with Crippen molar-refractivity contribution in [1.82, 2.24) is 0 Å². The first-order valence-electron chi connectivity index (χ1n) is 4.50. The summed E-state index contributed by atoms with van der Waals surface area (Å²) >= 11 is 5.85. The van der Waals surface area contributed by atoms with Crippen molar-refractivity contribution in [1.29, 1.82) is 0 Å². The van der Waals surface area contributed by atoms with Gasteiger partial charge in [-0.3, -0.25) is 0 Å². The van der Waals surface area contributed by atoms with Crippen LogP contribution in [0.5, 0.6) is 0 Å². The van der Waals surface area contributed by atoms with E-state index < -0.39 is 0 Å². The average molecular weight is 203 g/mol. The Kier molecular flexibility index (Phi) is 4.19. The molecule has 0 saturated heterocycles. The molecule has 3 heteroatoms. The summed E-state index contributed by atoms with van der Waals surface area (Å²) < 4.78 is 13.2. The maximum absolute atomic E-state index is 13.2. The fraction of sp³-hybridized carbons (Fsp3) is 0.400. The quantitative estimate of drug-likeness (QED) is 0.719. The number of hydrogen-bond donors (Lipinski definition) is 1. The minimum Gasteiger partial charge on any atom is -0.342 e. The molecule has 2 N–H and O–H groups in total. The highest BCUT2D eigenvalue weighted by Gasteiger charge is 2.07. The number of benzene rings is 1. The zero-order valence-corrected chi connectivity index (χ0v) is 8.44. The van der Waals surface area contributed by atoms with Crippen molar-refractivity contribution >= 4 is 11.6 Å². The molecule has 0 spiro atoms. The van der Waals surface area contributed by atoms with Crippen LogP contribution in [0.2, 0.25) is 5.02 Å². The lowest BCUT2D eigenvalue weighted by atomic mass is 10.2. The minimum atomic E-state index is -0.208. The van der Waals surface area contributed by atoms with E-state index in [0.29, 0.717) is 17.1 Å². The number of rotatable bonds is 4. The van der Waals surface area contributed by atoms with Crippen molar-refractivity contribution < 1.29 is 9.71 Å². The van der Waals surface area contributed by atoms with Gasteiger partial charge in [0.1, 0.15) is 12.4 Å². The van der Waals surface area contributed by atoms with Crippen LogP contribution < -0.4 is 5.32 Å². The predicted molar refractivity (Wildman–Crippen MR) is 52.2 cm³/mol. The lowest BCUT2D eigenvalue weighted by molar-refractivity contribution is -0.670. The summed E-state index contributed by atoms with van der Waals surface area (Å²) in [5.41, 5.74) is 0.609. The van der Waals surface area contributed by atoms with Crippen molar-refractivity contribution in [3.63, 3.8) is 0 Å². The summed E-state index contributed by atoms with van der Waals surface area (Å²) in [6, 6.07) is 4.79. The molecule has 0 saturated carbocycles. The molecule has 0 radical (unpaired) electrons. The van der Waals surface area contributed by atoms with Crippen LogP contribution in [-0.4, -0.2) is 6.54 Å². The summed E-state index contributed by atoms with van der Waals surface area (Å²) in [5, 5.41) is 2.58. The van der Waals surface area contributed by atoms with Crippen LogP contribution in [0.25, 0.3) is 0 Å². The smallest absolute Gasteiger partial charge is 0.133 e. The van der Waals surface area contributed by atoms with Gasteiger partial charge >= 0.3 is 0 Å². The second kappa shape index (κ2) is 5.20. The van der Waals surface area contributed by atoms with Gasteiger partial charge < -0.3 is 5.32 Å². The predicted octanol–water partition coefficient (Wildman–Crippen LogP) is 1.95. The molecule has 0 aliphatic rings. The molecular weight excluding hydrogens is 189 g/mol. The molecule has 0 fully saturated rings. The molecule has 0 aliphatic carbocycles. The van der Waals surface area contributed by atoms with Crippen molar-refractivity contribution in [2.45, 2.75) is 19.9 Å². The van der Waals surface area contributed by atoms with Crippen molar-refractivity contribution in [3.05, 3.63) is 34.6 Å². The van der Waals surface area contributed by atoms with Gasteiger partial charge in [0.05, 0.1) is 17.1 Å². The maximum atomic E-state index is 13.2. The Morgan fingerprint density at radius 2 is 2.23 bits per heavy atom. The Morgan fingerprint density at radius 1 is 1.46 bits per heavy atom. The molecule has 0 aliphatic heterocycles. The Bertz CT molecular complexity index is 255. The van der Waals surface area contributed by atoms with Crippen molar-refractivity contribution in [2.75, 3.05) is 6.54 Å². The van der Waals surface area contributed by atoms with Crippen LogP contribution in [0.15, 0.2) is 18.2 Å². The third-order valence-corrected chi connectivity index (χ3v) is 2.26. The van der Waals surface area contributed by atoms with E-state index in [1.54, 1.807) is 12.1 Å². The first-order chi connectivity index (χ1) is 6.25. The zero-order valence-electron chi connectivity index (χ0n) is 7.69. The molecule has 1 aromatic carbocycles. The van der Waals surface area contributed by atoms with Gasteiger partial charge in [0, 0.05) is 0 Å². The molecule has 1 aromatic rings. The lowest BCUT2D eigenvalue weighted by Crippen LogP contribution is -2.82. The standard InChI is InChI=1S/C10H13ClFN/c1-2-6-13-7-8-9(11)4-3-5-10(8)12/h3-5,13H,2,6-7H2,1H3/p+1. The molecule has 0 amide bonds. The van der Waals surface area contributed by atoms with Crippen LogP contribution in [0.1, 0.15) is 18.9 Å². The molecule has 72 valence electrons. The van der Waals surface area contributed by atoms with Gasteiger partial charge in [0.25, 0.3) is 0 Å². The molecular formula is C10H14ClFN+. The Hall–Kier alpha value is -0.600. The van der Waals surface area contributed by atoms with E-state index in [-0.39, 0.29) is 5.82 Å². The maximum Gasteiger partial charge on any atom is 0.133 e. The number of quaternary nitrogens is 1. The Labute approximate surface area is 82.9 Å². The third kappa shape index (κ3) is 2.98. The SMILES string of the molecule is CCC[NH2+]Cc1c(F)cccc1Cl. The van der Waals surface area contributed by atoms with E-state index in [1.165, 1.54) is 6.07 Å². The largest absolute Gasteiger partial charge is 0.342 e. The molecule has 0 bridgehead atoms. The normalized spacial score (nSPS) is 10.4. The molecule has 1 rings (SSSR count). The van der Waals surface area contributed by atoms with Crippen LogP contribution in [0.3, 0.4) is 0 Å². The number of hydrogen-bond acceptors (Lipinski definition) is 0. The van der Waals surface area contributed by atoms with E-state index >= 15 is 0 Å². The third-order valence-electron chi connectivity index (χ3n) is 1.90. The van der Waals surface area contributed by atoms with Crippen LogP contribution in [0, 0.1) is 5.82 Å². The van der Waals surface area contributed by atoms with Gasteiger partial charge in [-0.1, -0.05) is 24.6 Å². The first kappa shape index (κ1) is 10.5. The minimum absolute atomic E-state index is 0.208. The van der Waals surface area contributed by atoms with Gasteiger partial charge in [0.2, 0.25) is 0 Å². The second-order valence-electron chi connectivity index (χ2n) is 2.98. The van der Waals surface area contributed by atoms with Gasteiger partial charge in [-0.15, -0.1) is 0 Å². The zero-order chi connectivity index (χ0) is 9.68. The van der Waals surface area contributed by atoms with Crippen LogP contribution in [-0.2, 0) is 6.54 Å². The van der Waals surface area contributed by atoms with E-state index in [1.807, 2.05) is 0 Å². The summed E-state index contributed by atoms with van der Waals surface area (Å²) in [6.07, 6.45) is 1.09. The average Bonchev–Trinajstić information content (AvgIpc) is 2.10. The van der Waals surface area contributed by atoms with Gasteiger partial charge in [-0.05, 0) is 18.6 Å². The Balaban J connectivity index is 2.64. The van der Waals surface area contributed by atoms with Crippen LogP contribution in [0.4, 0.5) is 4.39 Å². The molecule has 1 nitrogen and oxygen atoms in total. The topological polar surface area (TPSA) is 16.6 Å². The van der Waals surface area contributed by atoms with E-state index in [0.717, 1.165) is 13.0 Å². The molecule has 0 heterocycles. The molecule has 0 aromatic heterocycles. The number of nitrogens with two attached hydrogens (primary N) is 1. The highest BCUT2D eigenvalue weighted by atomic mass is 35.5. The number of halogens is 2. The second-order valence-corrected chi connectivity index (χ2v) is 3.39. The molecule has 13 heavy (non-hydrogen) atoms. The highest BCUT2D eigenvalue weighted by molar-refractivity contribution is 6.31. The first-order valence-corrected chi connectivity index (χ1v) is 4.88. The molecule has 0 unspecified atom stereocenters. The van der Waals surface area contributed by atoms with Crippen molar-refractivity contribution in [3.8, 4) is 0 Å². The Morgan fingerprint density at radius 3 is 2.85 bits per heavy atom. The summed E-state index contributed by atoms with van der Waals surface area (Å²) in [6.45, 7) is 3.73. The fourth-order valence-corrected chi connectivity index (χ4v) is 1.42. The molecule has 0 atom stereocenters. The van der Waals surface area contributed by atoms with Crippen LogP contribution >= 0.6 is 11.6 Å². The van der Waals surface area contributed by atoms with E-state index in [2.05, 4.69) is 12.2 Å².